The number of aromatic nitrogens is 4. The zero-order valence-electron chi connectivity index (χ0n) is 21.3. The SMILES string of the molecule is Cc1cccc(C)c1-n1nnnc1[C@H](c1cccc(C#N)c1)N1CCN(C/C=C/c2ccccc2)CC1. The van der Waals surface area contributed by atoms with E-state index in [1.165, 1.54) is 5.56 Å². The molecule has 0 unspecified atom stereocenters. The number of aryl methyl sites for hydroxylation is 2. The van der Waals surface area contributed by atoms with Crippen molar-refractivity contribution < 1.29 is 0 Å². The van der Waals surface area contributed by atoms with Crippen molar-refractivity contribution >= 4 is 6.08 Å². The van der Waals surface area contributed by atoms with Gasteiger partial charge >= 0.3 is 0 Å². The molecule has 1 aromatic heterocycles. The third kappa shape index (κ3) is 5.51. The van der Waals surface area contributed by atoms with Crippen molar-refractivity contribution in [3.63, 3.8) is 0 Å². The van der Waals surface area contributed by atoms with Gasteiger partial charge in [-0.3, -0.25) is 9.80 Å². The summed E-state index contributed by atoms with van der Waals surface area (Å²) in [6.07, 6.45) is 4.42. The number of nitriles is 1. The van der Waals surface area contributed by atoms with Crippen molar-refractivity contribution in [2.24, 2.45) is 0 Å². The summed E-state index contributed by atoms with van der Waals surface area (Å²) in [5, 5.41) is 22.6. The summed E-state index contributed by atoms with van der Waals surface area (Å²) in [4.78, 5) is 4.90. The lowest BCUT2D eigenvalue weighted by atomic mass is 10.0. The summed E-state index contributed by atoms with van der Waals surface area (Å²) in [5.41, 5.74) is 6.13. The molecule has 0 bridgehead atoms. The molecular weight excluding hydrogens is 458 g/mol. The Labute approximate surface area is 218 Å². The second kappa shape index (κ2) is 11.3. The topological polar surface area (TPSA) is 73.9 Å². The highest BCUT2D eigenvalue weighted by molar-refractivity contribution is 5.49. The molecular formula is C30H31N7. The van der Waals surface area contributed by atoms with Crippen LogP contribution in [0.1, 0.15) is 39.7 Å². The molecule has 1 fully saturated rings. The first-order valence-electron chi connectivity index (χ1n) is 12.7. The molecule has 5 rings (SSSR count). The highest BCUT2D eigenvalue weighted by Gasteiger charge is 2.31. The van der Waals surface area contributed by atoms with Gasteiger partial charge in [-0.15, -0.1) is 5.10 Å². The number of rotatable bonds is 7. The average molecular weight is 490 g/mol. The average Bonchev–Trinajstić information content (AvgIpc) is 3.39. The fourth-order valence-corrected chi connectivity index (χ4v) is 5.07. The molecule has 3 aromatic carbocycles. The van der Waals surface area contributed by atoms with Gasteiger partial charge in [-0.25, -0.2) is 0 Å². The smallest absolute Gasteiger partial charge is 0.178 e. The van der Waals surface area contributed by atoms with Gasteiger partial charge in [0, 0.05) is 32.7 Å². The first kappa shape index (κ1) is 24.6. The molecule has 1 saturated heterocycles. The third-order valence-corrected chi connectivity index (χ3v) is 6.97. The van der Waals surface area contributed by atoms with E-state index in [9.17, 15) is 5.26 Å². The van der Waals surface area contributed by atoms with Crippen LogP contribution in [0.4, 0.5) is 0 Å². The van der Waals surface area contributed by atoms with E-state index in [0.29, 0.717) is 5.56 Å². The Hall–Kier alpha value is -4.12. The molecule has 0 radical (unpaired) electrons. The standard InChI is InChI=1S/C30H31N7/c1-23-9-6-10-24(2)28(23)37-30(32-33-34-37)29(27-15-7-13-26(21-27)22-31)36-19-17-35(18-20-36)16-8-14-25-11-4-3-5-12-25/h3-15,21,29H,16-20H2,1-2H3/b14-8+/t29-/m0/s1. The van der Waals surface area contributed by atoms with E-state index in [0.717, 1.165) is 60.9 Å². The van der Waals surface area contributed by atoms with E-state index in [-0.39, 0.29) is 6.04 Å². The lowest BCUT2D eigenvalue weighted by Crippen LogP contribution is -2.48. The normalized spacial score (nSPS) is 15.6. The third-order valence-electron chi connectivity index (χ3n) is 6.97. The van der Waals surface area contributed by atoms with Gasteiger partial charge in [0.1, 0.15) is 0 Å². The minimum Gasteiger partial charge on any atom is -0.297 e. The Balaban J connectivity index is 1.41. The fraction of sp³-hybridized carbons (Fsp3) is 0.267. The van der Waals surface area contributed by atoms with Crippen molar-refractivity contribution in [1.29, 1.82) is 5.26 Å². The van der Waals surface area contributed by atoms with Crippen LogP contribution in [0, 0.1) is 25.2 Å². The second-order valence-electron chi connectivity index (χ2n) is 9.48. The molecule has 186 valence electrons. The predicted octanol–water partition coefficient (Wildman–Crippen LogP) is 4.57. The van der Waals surface area contributed by atoms with Crippen LogP contribution in [0.5, 0.6) is 0 Å². The Morgan fingerprint density at radius 1 is 0.919 bits per heavy atom. The van der Waals surface area contributed by atoms with Gasteiger partial charge < -0.3 is 0 Å². The van der Waals surface area contributed by atoms with Gasteiger partial charge in [-0.05, 0) is 58.7 Å². The molecule has 1 aliphatic heterocycles. The Morgan fingerprint density at radius 3 is 2.38 bits per heavy atom. The first-order chi connectivity index (χ1) is 18.1. The summed E-state index contributed by atoms with van der Waals surface area (Å²) >= 11 is 0. The van der Waals surface area contributed by atoms with Crippen LogP contribution in [-0.4, -0.2) is 62.7 Å². The highest BCUT2D eigenvalue weighted by Crippen LogP contribution is 2.31. The number of hydrogen-bond donors (Lipinski definition) is 0. The van der Waals surface area contributed by atoms with Crippen LogP contribution >= 0.6 is 0 Å². The second-order valence-corrected chi connectivity index (χ2v) is 9.48. The van der Waals surface area contributed by atoms with E-state index in [1.54, 1.807) is 0 Å². The molecule has 0 spiro atoms. The van der Waals surface area contributed by atoms with Crippen LogP contribution in [0.15, 0.2) is 78.9 Å². The maximum Gasteiger partial charge on any atom is 0.178 e. The minimum absolute atomic E-state index is 0.163. The van der Waals surface area contributed by atoms with Crippen LogP contribution in [0.2, 0.25) is 0 Å². The van der Waals surface area contributed by atoms with E-state index < -0.39 is 0 Å². The molecule has 0 amide bonds. The summed E-state index contributed by atoms with van der Waals surface area (Å²) in [5.74, 6) is 0.768. The van der Waals surface area contributed by atoms with Crippen molar-refractivity contribution in [3.05, 3.63) is 113 Å². The van der Waals surface area contributed by atoms with Gasteiger partial charge in [0.2, 0.25) is 0 Å². The summed E-state index contributed by atoms with van der Waals surface area (Å²) in [7, 11) is 0. The van der Waals surface area contributed by atoms with Crippen LogP contribution in [0.25, 0.3) is 11.8 Å². The van der Waals surface area contributed by atoms with Gasteiger partial charge in [0.05, 0.1) is 23.4 Å². The molecule has 2 heterocycles. The van der Waals surface area contributed by atoms with Gasteiger partial charge in [0.15, 0.2) is 5.82 Å². The van der Waals surface area contributed by atoms with Crippen LogP contribution in [0.3, 0.4) is 0 Å². The molecule has 4 aromatic rings. The Morgan fingerprint density at radius 2 is 1.65 bits per heavy atom. The number of benzene rings is 3. The molecule has 7 heteroatoms. The maximum absolute atomic E-state index is 9.57. The van der Waals surface area contributed by atoms with Crippen LogP contribution < -0.4 is 0 Å². The summed E-state index contributed by atoms with van der Waals surface area (Å²) < 4.78 is 1.88. The number of nitrogens with zero attached hydrogens (tertiary/aromatic N) is 7. The van der Waals surface area contributed by atoms with Gasteiger partial charge in [-0.2, -0.15) is 9.94 Å². The lowest BCUT2D eigenvalue weighted by Gasteiger charge is -2.38. The number of piperazine rings is 1. The fourth-order valence-electron chi connectivity index (χ4n) is 5.07. The highest BCUT2D eigenvalue weighted by atomic mass is 15.6. The molecule has 0 saturated carbocycles. The zero-order valence-corrected chi connectivity index (χ0v) is 21.3. The minimum atomic E-state index is -0.163. The first-order valence-corrected chi connectivity index (χ1v) is 12.7. The largest absolute Gasteiger partial charge is 0.297 e. The quantitative estimate of drug-likeness (QED) is 0.379. The van der Waals surface area contributed by atoms with Crippen molar-refractivity contribution in [3.8, 4) is 11.8 Å². The van der Waals surface area contributed by atoms with Crippen molar-refractivity contribution in [2.75, 3.05) is 32.7 Å². The monoisotopic (exact) mass is 489 g/mol. The zero-order chi connectivity index (χ0) is 25.6. The predicted molar refractivity (Wildman–Crippen MR) is 145 cm³/mol. The van der Waals surface area contributed by atoms with E-state index in [4.69, 9.17) is 0 Å². The van der Waals surface area contributed by atoms with Gasteiger partial charge in [0.25, 0.3) is 0 Å². The van der Waals surface area contributed by atoms with E-state index in [2.05, 4.69) is 106 Å². The number of tetrazole rings is 1. The van der Waals surface area contributed by atoms with Gasteiger partial charge in [-0.1, -0.05) is 72.8 Å². The molecule has 1 aliphatic rings. The summed E-state index contributed by atoms with van der Waals surface area (Å²) in [6, 6.07) is 26.6. The van der Waals surface area contributed by atoms with Crippen molar-refractivity contribution in [2.45, 2.75) is 19.9 Å². The molecule has 0 aliphatic carbocycles. The van der Waals surface area contributed by atoms with E-state index in [1.807, 2.05) is 28.9 Å². The Bertz CT molecular complexity index is 1390. The lowest BCUT2D eigenvalue weighted by molar-refractivity contribution is 0.113. The number of para-hydroxylation sites is 1. The van der Waals surface area contributed by atoms with E-state index >= 15 is 0 Å². The maximum atomic E-state index is 9.57. The van der Waals surface area contributed by atoms with Crippen LogP contribution in [-0.2, 0) is 0 Å². The molecule has 7 nitrogen and oxygen atoms in total. The Kier molecular flexibility index (Phi) is 7.50. The summed E-state index contributed by atoms with van der Waals surface area (Å²) in [6.45, 7) is 8.72. The molecule has 37 heavy (non-hydrogen) atoms. The molecule has 0 N–H and O–H groups in total. The molecule has 1 atom stereocenters. The van der Waals surface area contributed by atoms with Crippen molar-refractivity contribution in [1.82, 2.24) is 30.0 Å². The number of hydrogen-bond acceptors (Lipinski definition) is 6.